The zero-order chi connectivity index (χ0) is 19.6. The number of hydrogen-bond acceptors (Lipinski definition) is 5. The van der Waals surface area contributed by atoms with Crippen molar-refractivity contribution < 1.29 is 14.3 Å². The number of para-hydroxylation sites is 1. The number of nitrogens with zero attached hydrogens (tertiary/aromatic N) is 2. The number of carbonyl (C=O) groups excluding carboxylic acids is 1. The molecule has 6 nitrogen and oxygen atoms in total. The maximum atomic E-state index is 12.1. The zero-order valence-corrected chi connectivity index (χ0v) is 16.1. The van der Waals surface area contributed by atoms with E-state index in [1.807, 2.05) is 37.3 Å². The smallest absolute Gasteiger partial charge is 0.262 e. The van der Waals surface area contributed by atoms with Gasteiger partial charge in [-0.1, -0.05) is 34.1 Å². The van der Waals surface area contributed by atoms with Crippen molar-refractivity contribution in [1.82, 2.24) is 0 Å². The third kappa shape index (κ3) is 5.88. The number of nitriles is 2. The van der Waals surface area contributed by atoms with Crippen molar-refractivity contribution in [1.29, 1.82) is 10.5 Å². The maximum Gasteiger partial charge on any atom is 0.262 e. The van der Waals surface area contributed by atoms with Gasteiger partial charge in [0.1, 0.15) is 17.7 Å². The van der Waals surface area contributed by atoms with Crippen LogP contribution in [-0.4, -0.2) is 19.1 Å². The molecule has 0 spiro atoms. The topological polar surface area (TPSA) is 95.1 Å². The quantitative estimate of drug-likeness (QED) is 0.667. The van der Waals surface area contributed by atoms with E-state index >= 15 is 0 Å². The number of carbonyl (C=O) groups is 1. The van der Waals surface area contributed by atoms with Gasteiger partial charge in [0, 0.05) is 10.2 Å². The fourth-order valence-corrected chi connectivity index (χ4v) is 2.59. The van der Waals surface area contributed by atoms with E-state index in [4.69, 9.17) is 20.0 Å². The van der Waals surface area contributed by atoms with Crippen molar-refractivity contribution in [2.45, 2.75) is 6.92 Å². The van der Waals surface area contributed by atoms with E-state index in [2.05, 4.69) is 21.2 Å². The van der Waals surface area contributed by atoms with Crippen LogP contribution in [0.2, 0.25) is 0 Å². The first-order valence-electron chi connectivity index (χ1n) is 8.03. The van der Waals surface area contributed by atoms with E-state index in [0.29, 0.717) is 33.8 Å². The van der Waals surface area contributed by atoms with Crippen molar-refractivity contribution in [2.75, 3.05) is 18.5 Å². The highest BCUT2D eigenvalue weighted by Crippen LogP contribution is 2.35. The lowest BCUT2D eigenvalue weighted by atomic mass is 10.1. The Bertz CT molecular complexity index is 912. The van der Waals surface area contributed by atoms with Crippen LogP contribution in [0.1, 0.15) is 12.5 Å². The summed E-state index contributed by atoms with van der Waals surface area (Å²) in [5, 5.41) is 20.6. The third-order valence-corrected chi connectivity index (χ3v) is 4.01. The second-order valence-corrected chi connectivity index (χ2v) is 6.09. The van der Waals surface area contributed by atoms with Crippen LogP contribution in [0.5, 0.6) is 11.5 Å². The minimum atomic E-state index is -0.306. The first-order chi connectivity index (χ1) is 13.1. The molecule has 0 aliphatic heterocycles. The van der Waals surface area contributed by atoms with E-state index in [1.54, 1.807) is 24.3 Å². The van der Waals surface area contributed by atoms with Gasteiger partial charge in [0.15, 0.2) is 18.1 Å². The average molecular weight is 426 g/mol. The number of allylic oxidation sites excluding steroid dienone is 1. The Hall–Kier alpha value is -3.29. The van der Waals surface area contributed by atoms with Crippen LogP contribution in [0.15, 0.2) is 52.5 Å². The lowest BCUT2D eigenvalue weighted by Gasteiger charge is -2.14. The molecule has 1 N–H and O–H groups in total. The molecule has 0 saturated carbocycles. The first kappa shape index (κ1) is 20.0. The van der Waals surface area contributed by atoms with Crippen molar-refractivity contribution in [3.05, 3.63) is 58.1 Å². The number of anilines is 1. The molecule has 2 rings (SSSR count). The van der Waals surface area contributed by atoms with Crippen LogP contribution in [0.3, 0.4) is 0 Å². The predicted octanol–water partition coefficient (Wildman–Crippen LogP) is 4.30. The summed E-state index contributed by atoms with van der Waals surface area (Å²) in [6, 6.07) is 16.0. The van der Waals surface area contributed by atoms with Crippen LogP contribution in [-0.2, 0) is 4.79 Å². The summed E-state index contributed by atoms with van der Waals surface area (Å²) in [4.78, 5) is 12.1. The van der Waals surface area contributed by atoms with Gasteiger partial charge in [-0.3, -0.25) is 4.79 Å². The Balaban J connectivity index is 2.17. The molecule has 2 aromatic rings. The van der Waals surface area contributed by atoms with Crippen LogP contribution in [0, 0.1) is 22.7 Å². The predicted molar refractivity (Wildman–Crippen MR) is 105 cm³/mol. The van der Waals surface area contributed by atoms with Crippen LogP contribution >= 0.6 is 15.9 Å². The summed E-state index contributed by atoms with van der Waals surface area (Å²) < 4.78 is 11.8. The minimum absolute atomic E-state index is 0.0333. The molecular weight excluding hydrogens is 410 g/mol. The van der Waals surface area contributed by atoms with Crippen molar-refractivity contribution in [3.8, 4) is 23.6 Å². The monoisotopic (exact) mass is 425 g/mol. The van der Waals surface area contributed by atoms with Crippen LogP contribution < -0.4 is 14.8 Å². The molecule has 0 radical (unpaired) electrons. The molecule has 136 valence electrons. The molecule has 0 heterocycles. The lowest BCUT2D eigenvalue weighted by molar-refractivity contribution is -0.118. The molecule has 0 unspecified atom stereocenters. The van der Waals surface area contributed by atoms with Gasteiger partial charge >= 0.3 is 0 Å². The maximum absolute atomic E-state index is 12.1. The SMILES string of the molecule is CCOc1cc(C=C(C#N)C#N)c(Br)cc1OCC(=O)Nc1ccccc1. The standard InChI is InChI=1S/C20H16BrN3O3/c1-2-26-18-9-15(8-14(11-22)12-23)17(21)10-19(18)27-13-20(25)24-16-6-4-3-5-7-16/h3-10H,2,13H2,1H3,(H,24,25). The fourth-order valence-electron chi connectivity index (χ4n) is 2.15. The summed E-state index contributed by atoms with van der Waals surface area (Å²) in [5.41, 5.74) is 1.24. The van der Waals surface area contributed by atoms with Gasteiger partial charge in [0.05, 0.1) is 6.61 Å². The Kier molecular flexibility index (Phi) is 7.42. The summed E-state index contributed by atoms with van der Waals surface area (Å²) in [6.45, 7) is 2.01. The summed E-state index contributed by atoms with van der Waals surface area (Å²) in [5.74, 6) is 0.481. The molecule has 7 heteroatoms. The van der Waals surface area contributed by atoms with Gasteiger partial charge in [-0.05, 0) is 42.8 Å². The van der Waals surface area contributed by atoms with Crippen molar-refractivity contribution >= 4 is 33.6 Å². The normalized spacial score (nSPS) is 9.48. The number of benzene rings is 2. The Morgan fingerprint density at radius 2 is 1.81 bits per heavy atom. The number of halogens is 1. The highest BCUT2D eigenvalue weighted by atomic mass is 79.9. The van der Waals surface area contributed by atoms with Gasteiger partial charge in [-0.2, -0.15) is 10.5 Å². The Labute approximate surface area is 165 Å². The summed E-state index contributed by atoms with van der Waals surface area (Å²) in [7, 11) is 0. The van der Waals surface area contributed by atoms with Crippen LogP contribution in [0.4, 0.5) is 5.69 Å². The minimum Gasteiger partial charge on any atom is -0.490 e. The molecule has 0 aliphatic carbocycles. The number of hydrogen-bond donors (Lipinski definition) is 1. The lowest BCUT2D eigenvalue weighted by Crippen LogP contribution is -2.20. The molecule has 0 aliphatic rings. The molecular formula is C20H16BrN3O3. The second kappa shape index (κ2) is 10.0. The first-order valence-corrected chi connectivity index (χ1v) is 8.82. The van der Waals surface area contributed by atoms with Crippen molar-refractivity contribution in [2.24, 2.45) is 0 Å². The molecule has 27 heavy (non-hydrogen) atoms. The highest BCUT2D eigenvalue weighted by molar-refractivity contribution is 9.10. The average Bonchev–Trinajstić information content (AvgIpc) is 2.67. The van der Waals surface area contributed by atoms with Gasteiger partial charge in [-0.15, -0.1) is 0 Å². The van der Waals surface area contributed by atoms with Crippen molar-refractivity contribution in [3.63, 3.8) is 0 Å². The van der Waals surface area contributed by atoms with E-state index in [-0.39, 0.29) is 18.1 Å². The van der Waals surface area contributed by atoms with Gasteiger partial charge in [0.2, 0.25) is 0 Å². The summed E-state index contributed by atoms with van der Waals surface area (Å²) >= 11 is 3.38. The van der Waals surface area contributed by atoms with E-state index in [9.17, 15) is 4.79 Å². The third-order valence-electron chi connectivity index (χ3n) is 3.32. The molecule has 1 amide bonds. The molecule has 0 bridgehead atoms. The van der Waals surface area contributed by atoms with E-state index < -0.39 is 0 Å². The van der Waals surface area contributed by atoms with Gasteiger partial charge in [0.25, 0.3) is 5.91 Å². The molecule has 0 atom stereocenters. The fraction of sp³-hybridized carbons (Fsp3) is 0.150. The highest BCUT2D eigenvalue weighted by Gasteiger charge is 2.12. The van der Waals surface area contributed by atoms with Crippen LogP contribution in [0.25, 0.3) is 6.08 Å². The largest absolute Gasteiger partial charge is 0.490 e. The van der Waals surface area contributed by atoms with Gasteiger partial charge < -0.3 is 14.8 Å². The Morgan fingerprint density at radius 3 is 2.44 bits per heavy atom. The molecule has 0 fully saturated rings. The number of rotatable bonds is 7. The molecule has 0 aromatic heterocycles. The second-order valence-electron chi connectivity index (χ2n) is 5.24. The molecule has 2 aromatic carbocycles. The Morgan fingerprint density at radius 1 is 1.15 bits per heavy atom. The number of ether oxygens (including phenoxy) is 2. The summed E-state index contributed by atoms with van der Waals surface area (Å²) in [6.07, 6.45) is 1.44. The zero-order valence-electron chi connectivity index (χ0n) is 14.5. The van der Waals surface area contributed by atoms with E-state index in [1.165, 1.54) is 6.08 Å². The molecule has 0 saturated heterocycles. The number of nitrogens with one attached hydrogen (secondary N) is 1. The van der Waals surface area contributed by atoms with E-state index in [0.717, 1.165) is 0 Å². The number of amides is 1. The van der Waals surface area contributed by atoms with Gasteiger partial charge in [-0.25, -0.2) is 0 Å².